The molecular weight excluding hydrogens is 172 g/mol. The molecule has 0 radical (unpaired) electrons. The van der Waals surface area contributed by atoms with Crippen molar-refractivity contribution in [3.63, 3.8) is 0 Å². The molecule has 5 heteroatoms. The van der Waals surface area contributed by atoms with Crippen molar-refractivity contribution < 1.29 is 13.0 Å². The standard InChI is InChI=1S/C5H10O3S2/c6-10(7,8)5-2-1-4(9)3-5/h4-5,9H,1-3H2,(H,6,7,8). The van der Waals surface area contributed by atoms with Gasteiger partial charge in [-0.3, -0.25) is 4.55 Å². The van der Waals surface area contributed by atoms with Gasteiger partial charge in [-0.1, -0.05) is 0 Å². The normalized spacial score (nSPS) is 34.6. The molecule has 60 valence electrons. The van der Waals surface area contributed by atoms with Crippen LogP contribution in [0.15, 0.2) is 0 Å². The summed E-state index contributed by atoms with van der Waals surface area (Å²) in [5.41, 5.74) is 0. The molecule has 3 nitrogen and oxygen atoms in total. The molecule has 0 aliphatic heterocycles. The summed E-state index contributed by atoms with van der Waals surface area (Å²) in [5.74, 6) is 0. The Labute approximate surface area is 66.0 Å². The summed E-state index contributed by atoms with van der Waals surface area (Å²) in [6, 6.07) is 0. The molecule has 10 heavy (non-hydrogen) atoms. The maximum atomic E-state index is 10.5. The van der Waals surface area contributed by atoms with Crippen molar-refractivity contribution in [2.75, 3.05) is 0 Å². The quantitative estimate of drug-likeness (QED) is 0.464. The fraction of sp³-hybridized carbons (Fsp3) is 1.00. The minimum absolute atomic E-state index is 0.145. The largest absolute Gasteiger partial charge is 0.285 e. The third-order valence-corrected chi connectivity index (χ3v) is 3.52. The predicted octanol–water partition coefficient (Wildman–Crippen LogP) is 0.725. The molecular formula is C5H10O3S2. The Balaban J connectivity index is 2.62. The lowest BCUT2D eigenvalue weighted by molar-refractivity contribution is 0.467. The molecule has 0 saturated heterocycles. The van der Waals surface area contributed by atoms with Gasteiger partial charge in [0, 0.05) is 5.25 Å². The van der Waals surface area contributed by atoms with Gasteiger partial charge in [0.2, 0.25) is 0 Å². The molecule has 0 amide bonds. The zero-order valence-corrected chi connectivity index (χ0v) is 7.11. The van der Waals surface area contributed by atoms with Crippen LogP contribution in [0, 0.1) is 0 Å². The van der Waals surface area contributed by atoms with Crippen molar-refractivity contribution in [1.29, 1.82) is 0 Å². The molecule has 1 rings (SSSR count). The van der Waals surface area contributed by atoms with Gasteiger partial charge in [-0.15, -0.1) is 0 Å². The molecule has 0 aromatic heterocycles. The predicted molar refractivity (Wildman–Crippen MR) is 42.0 cm³/mol. The Morgan fingerprint density at radius 2 is 2.00 bits per heavy atom. The first-order chi connectivity index (χ1) is 4.50. The van der Waals surface area contributed by atoms with Crippen LogP contribution < -0.4 is 0 Å². The second-order valence-corrected chi connectivity index (χ2v) is 5.03. The molecule has 2 unspecified atom stereocenters. The van der Waals surface area contributed by atoms with Crippen molar-refractivity contribution in [3.8, 4) is 0 Å². The summed E-state index contributed by atoms with van der Waals surface area (Å²) < 4.78 is 29.6. The van der Waals surface area contributed by atoms with E-state index < -0.39 is 15.4 Å². The van der Waals surface area contributed by atoms with Gasteiger partial charge in [-0.2, -0.15) is 21.0 Å². The summed E-state index contributed by atoms with van der Waals surface area (Å²) in [6.45, 7) is 0. The van der Waals surface area contributed by atoms with E-state index in [2.05, 4.69) is 12.6 Å². The third-order valence-electron chi connectivity index (χ3n) is 1.78. The Hall–Kier alpha value is 0.260. The maximum absolute atomic E-state index is 10.5. The van der Waals surface area contributed by atoms with Gasteiger partial charge in [0.15, 0.2) is 0 Å². The zero-order chi connectivity index (χ0) is 7.78. The lowest BCUT2D eigenvalue weighted by Gasteiger charge is -2.02. The summed E-state index contributed by atoms with van der Waals surface area (Å²) >= 11 is 4.11. The highest BCUT2D eigenvalue weighted by Crippen LogP contribution is 2.27. The first kappa shape index (κ1) is 8.36. The molecule has 0 heterocycles. The van der Waals surface area contributed by atoms with E-state index in [1.165, 1.54) is 0 Å². The molecule has 1 saturated carbocycles. The molecule has 1 fully saturated rings. The fourth-order valence-corrected chi connectivity index (χ4v) is 2.64. The second kappa shape index (κ2) is 2.71. The van der Waals surface area contributed by atoms with Crippen LogP contribution >= 0.6 is 12.6 Å². The third kappa shape index (κ3) is 1.87. The van der Waals surface area contributed by atoms with Crippen molar-refractivity contribution in [3.05, 3.63) is 0 Å². The summed E-state index contributed by atoms with van der Waals surface area (Å²) in [7, 11) is -3.78. The number of thiol groups is 1. The van der Waals surface area contributed by atoms with Crippen molar-refractivity contribution in [2.45, 2.75) is 29.8 Å². The first-order valence-corrected chi connectivity index (χ1v) is 5.16. The Bertz CT molecular complexity index is 209. The first-order valence-electron chi connectivity index (χ1n) is 3.14. The molecule has 1 N–H and O–H groups in total. The van der Waals surface area contributed by atoms with Gasteiger partial charge in [-0.05, 0) is 19.3 Å². The van der Waals surface area contributed by atoms with Crippen LogP contribution in [0.25, 0.3) is 0 Å². The van der Waals surface area contributed by atoms with Crippen LogP contribution in [0.3, 0.4) is 0 Å². The number of rotatable bonds is 1. The second-order valence-electron chi connectivity index (χ2n) is 2.60. The van der Waals surface area contributed by atoms with Crippen molar-refractivity contribution in [2.24, 2.45) is 0 Å². The highest BCUT2D eigenvalue weighted by molar-refractivity contribution is 7.86. The molecule has 0 aromatic rings. The van der Waals surface area contributed by atoms with Crippen LogP contribution in [-0.2, 0) is 10.1 Å². The van der Waals surface area contributed by atoms with Crippen LogP contribution in [0.1, 0.15) is 19.3 Å². The van der Waals surface area contributed by atoms with Crippen LogP contribution in [-0.4, -0.2) is 23.5 Å². The highest BCUT2D eigenvalue weighted by Gasteiger charge is 2.31. The fourth-order valence-electron chi connectivity index (χ4n) is 1.19. The number of hydrogen-bond acceptors (Lipinski definition) is 3. The van der Waals surface area contributed by atoms with Gasteiger partial charge < -0.3 is 0 Å². The van der Waals surface area contributed by atoms with Crippen LogP contribution in [0.2, 0.25) is 0 Å². The highest BCUT2D eigenvalue weighted by atomic mass is 32.2. The van der Waals surface area contributed by atoms with Crippen LogP contribution in [0.4, 0.5) is 0 Å². The Morgan fingerprint density at radius 1 is 1.40 bits per heavy atom. The summed E-state index contributed by atoms with van der Waals surface area (Å²) in [5, 5.41) is -0.415. The van der Waals surface area contributed by atoms with Crippen LogP contribution in [0.5, 0.6) is 0 Å². The van der Waals surface area contributed by atoms with Gasteiger partial charge in [0.1, 0.15) is 0 Å². The van der Waals surface area contributed by atoms with E-state index in [4.69, 9.17) is 4.55 Å². The van der Waals surface area contributed by atoms with E-state index in [-0.39, 0.29) is 5.25 Å². The van der Waals surface area contributed by atoms with Gasteiger partial charge in [-0.25, -0.2) is 0 Å². The molecule has 0 aromatic carbocycles. The monoisotopic (exact) mass is 182 g/mol. The molecule has 2 atom stereocenters. The minimum atomic E-state index is -3.78. The van der Waals surface area contributed by atoms with Gasteiger partial charge in [0.05, 0.1) is 5.25 Å². The topological polar surface area (TPSA) is 54.4 Å². The molecule has 1 aliphatic carbocycles. The zero-order valence-electron chi connectivity index (χ0n) is 5.40. The minimum Gasteiger partial charge on any atom is -0.285 e. The van der Waals surface area contributed by atoms with E-state index in [1.54, 1.807) is 0 Å². The molecule has 0 bridgehead atoms. The Kier molecular flexibility index (Phi) is 2.27. The van der Waals surface area contributed by atoms with Crippen molar-refractivity contribution in [1.82, 2.24) is 0 Å². The Morgan fingerprint density at radius 3 is 2.20 bits per heavy atom. The molecule has 0 spiro atoms. The smallest absolute Gasteiger partial charge is 0.267 e. The lowest BCUT2D eigenvalue weighted by atomic mass is 10.4. The molecule has 1 aliphatic rings. The lowest BCUT2D eigenvalue weighted by Crippen LogP contribution is -2.16. The van der Waals surface area contributed by atoms with E-state index >= 15 is 0 Å². The van der Waals surface area contributed by atoms with E-state index in [9.17, 15) is 8.42 Å². The maximum Gasteiger partial charge on any atom is 0.267 e. The number of hydrogen-bond donors (Lipinski definition) is 2. The average Bonchev–Trinajstić information content (AvgIpc) is 2.11. The van der Waals surface area contributed by atoms with Gasteiger partial charge in [0.25, 0.3) is 10.1 Å². The van der Waals surface area contributed by atoms with E-state index in [1.807, 2.05) is 0 Å². The summed E-state index contributed by atoms with van der Waals surface area (Å²) in [6.07, 6.45) is 1.82. The van der Waals surface area contributed by atoms with Gasteiger partial charge >= 0.3 is 0 Å². The SMILES string of the molecule is O=S(=O)(O)C1CCC(S)C1. The summed E-state index contributed by atoms with van der Waals surface area (Å²) in [4.78, 5) is 0. The van der Waals surface area contributed by atoms with E-state index in [0.717, 1.165) is 6.42 Å². The van der Waals surface area contributed by atoms with Crippen molar-refractivity contribution >= 4 is 22.7 Å². The van der Waals surface area contributed by atoms with E-state index in [0.29, 0.717) is 12.8 Å². The average molecular weight is 182 g/mol.